The number of alkyl halides is 1. The van der Waals surface area contributed by atoms with Crippen LogP contribution in [0.4, 0.5) is 0 Å². The Morgan fingerprint density at radius 1 is 1.67 bits per heavy atom. The number of carbonyl (C=O) groups is 1. The van der Waals surface area contributed by atoms with E-state index in [2.05, 4.69) is 18.2 Å². The molecule has 0 aliphatic rings. The van der Waals surface area contributed by atoms with E-state index in [4.69, 9.17) is 10.5 Å². The number of nitrogens with two attached hydrogens (primary N) is 1. The second-order valence-electron chi connectivity index (χ2n) is 2.59. The first-order chi connectivity index (χ1) is 5.52. The Labute approximate surface area is 78.5 Å². The van der Waals surface area contributed by atoms with Crippen LogP contribution in [0.2, 0.25) is 0 Å². The van der Waals surface area contributed by atoms with Gasteiger partial charge in [-0.15, -0.1) is 11.6 Å². The summed E-state index contributed by atoms with van der Waals surface area (Å²) in [6.45, 7) is 7.06. The van der Waals surface area contributed by atoms with E-state index in [1.807, 2.05) is 0 Å². The molecule has 0 radical (unpaired) electrons. The summed E-state index contributed by atoms with van der Waals surface area (Å²) in [5.74, 6) is -0.435. The topological polar surface area (TPSA) is 52.3 Å². The first-order valence-corrected chi connectivity index (χ1v) is 4.20. The van der Waals surface area contributed by atoms with Crippen LogP contribution in [0.5, 0.6) is 0 Å². The summed E-state index contributed by atoms with van der Waals surface area (Å²) in [6.07, 6.45) is 2.59. The average molecular weight is 194 g/mol. The fourth-order valence-corrected chi connectivity index (χ4v) is 0.356. The summed E-state index contributed by atoms with van der Waals surface area (Å²) < 4.78 is 4.85. The monoisotopic (exact) mass is 193 g/mol. The van der Waals surface area contributed by atoms with Gasteiger partial charge < -0.3 is 10.5 Å². The molecular weight excluding hydrogens is 178 g/mol. The highest BCUT2D eigenvalue weighted by Crippen LogP contribution is 2.06. The molecule has 12 heavy (non-hydrogen) atoms. The maximum Gasteiger partial charge on any atom is 0.330 e. The molecular formula is C8H16ClNO2. The molecule has 0 aliphatic carbocycles. The smallest absolute Gasteiger partial charge is 0.330 e. The van der Waals surface area contributed by atoms with E-state index in [1.165, 1.54) is 6.38 Å². The molecule has 2 N–H and O–H groups in total. The molecule has 0 rings (SSSR count). The van der Waals surface area contributed by atoms with Crippen LogP contribution in [-0.4, -0.2) is 24.5 Å². The van der Waals surface area contributed by atoms with Gasteiger partial charge in [-0.05, 0) is 13.8 Å². The Kier molecular flexibility index (Phi) is 8.32. The number of ether oxygens (including phenoxy) is 1. The van der Waals surface area contributed by atoms with Crippen LogP contribution in [0.15, 0.2) is 12.7 Å². The highest BCUT2D eigenvalue weighted by molar-refractivity contribution is 6.15. The summed E-state index contributed by atoms with van der Waals surface area (Å²) in [6, 6.07) is 0. The minimum atomic E-state index is -0.578. The number of esters is 1. The molecule has 0 aromatic rings. The van der Waals surface area contributed by atoms with Crippen molar-refractivity contribution in [2.45, 2.75) is 19.4 Å². The van der Waals surface area contributed by atoms with Crippen molar-refractivity contribution in [1.82, 2.24) is 0 Å². The number of rotatable bonds is 3. The largest absolute Gasteiger partial charge is 0.455 e. The van der Waals surface area contributed by atoms with Crippen molar-refractivity contribution < 1.29 is 9.53 Å². The van der Waals surface area contributed by atoms with Gasteiger partial charge in [0, 0.05) is 19.0 Å². The van der Waals surface area contributed by atoms with E-state index in [-0.39, 0.29) is 0 Å². The molecule has 0 heterocycles. The molecule has 0 fully saturated rings. The zero-order valence-electron chi connectivity index (χ0n) is 7.76. The molecule has 0 aromatic heterocycles. The molecule has 0 spiro atoms. The van der Waals surface area contributed by atoms with Crippen molar-refractivity contribution in [3.05, 3.63) is 12.7 Å². The first-order valence-electron chi connectivity index (χ1n) is 3.45. The number of carbonyl (C=O) groups excluding carboxylic acids is 1. The van der Waals surface area contributed by atoms with Gasteiger partial charge in [-0.25, -0.2) is 4.79 Å². The van der Waals surface area contributed by atoms with Gasteiger partial charge in [0.1, 0.15) is 5.60 Å². The Balaban J connectivity index is 0. The van der Waals surface area contributed by atoms with Crippen LogP contribution in [-0.2, 0) is 9.53 Å². The first kappa shape index (κ1) is 14.0. The van der Waals surface area contributed by atoms with E-state index in [1.54, 1.807) is 13.8 Å². The van der Waals surface area contributed by atoms with E-state index in [9.17, 15) is 4.79 Å². The number of hydrogen-bond donors (Lipinski definition) is 1. The predicted octanol–water partition coefficient (Wildman–Crippen LogP) is 1.31. The summed E-state index contributed by atoms with van der Waals surface area (Å²) in [5.41, 5.74) is 4.72. The van der Waals surface area contributed by atoms with E-state index >= 15 is 0 Å². The summed E-state index contributed by atoms with van der Waals surface area (Å²) >= 11 is 4.64. The van der Waals surface area contributed by atoms with Crippen LogP contribution < -0.4 is 5.73 Å². The van der Waals surface area contributed by atoms with Gasteiger partial charge in [-0.3, -0.25) is 0 Å². The lowest BCUT2D eigenvalue weighted by Crippen LogP contribution is -2.35. The quantitative estimate of drug-likeness (QED) is 0.418. The third-order valence-corrected chi connectivity index (χ3v) is 1.04. The molecule has 0 saturated heterocycles. The van der Waals surface area contributed by atoms with Crippen LogP contribution in [0.25, 0.3) is 0 Å². The molecule has 4 heteroatoms. The fraction of sp³-hybridized carbons (Fsp3) is 0.625. The van der Waals surface area contributed by atoms with Gasteiger partial charge in [-0.2, -0.15) is 0 Å². The van der Waals surface area contributed by atoms with Gasteiger partial charge in [-0.1, -0.05) is 6.58 Å². The van der Waals surface area contributed by atoms with Crippen LogP contribution in [0, 0.1) is 0 Å². The molecule has 0 amide bonds. The van der Waals surface area contributed by atoms with E-state index < -0.39 is 11.6 Å². The Morgan fingerprint density at radius 2 is 2.08 bits per heavy atom. The normalized spacial score (nSPS) is 9.42. The van der Waals surface area contributed by atoms with Crippen molar-refractivity contribution in [1.29, 1.82) is 0 Å². The fourth-order valence-electron chi connectivity index (χ4n) is 0.356. The zero-order valence-corrected chi connectivity index (χ0v) is 8.52. The van der Waals surface area contributed by atoms with Gasteiger partial charge in [0.05, 0.1) is 0 Å². The molecule has 0 aromatic carbocycles. The van der Waals surface area contributed by atoms with Crippen molar-refractivity contribution in [3.63, 3.8) is 0 Å². The molecule has 0 saturated carbocycles. The van der Waals surface area contributed by atoms with E-state index in [0.717, 1.165) is 6.08 Å². The Bertz CT molecular complexity index is 146. The highest BCUT2D eigenvalue weighted by atomic mass is 35.5. The van der Waals surface area contributed by atoms with Gasteiger partial charge in [0.15, 0.2) is 0 Å². The molecule has 72 valence electrons. The maximum absolute atomic E-state index is 10.6. The SMILES string of the molecule is C=CC(=O)OC(C)(C)CN.CCl. The van der Waals surface area contributed by atoms with Crippen molar-refractivity contribution in [2.24, 2.45) is 5.73 Å². The Hall–Kier alpha value is -0.540. The average Bonchev–Trinajstić information content (AvgIpc) is 2.07. The van der Waals surface area contributed by atoms with Crippen LogP contribution in [0.1, 0.15) is 13.8 Å². The third kappa shape index (κ3) is 7.57. The molecule has 0 atom stereocenters. The maximum atomic E-state index is 10.6. The van der Waals surface area contributed by atoms with Crippen LogP contribution in [0.3, 0.4) is 0 Å². The van der Waals surface area contributed by atoms with Crippen LogP contribution >= 0.6 is 11.6 Å². The molecule has 3 nitrogen and oxygen atoms in total. The molecule has 0 unspecified atom stereocenters. The minimum absolute atomic E-state index is 0.312. The summed E-state index contributed by atoms with van der Waals surface area (Å²) in [5, 5.41) is 0. The van der Waals surface area contributed by atoms with Crippen molar-refractivity contribution in [3.8, 4) is 0 Å². The highest BCUT2D eigenvalue weighted by Gasteiger charge is 2.18. The van der Waals surface area contributed by atoms with Crippen molar-refractivity contribution in [2.75, 3.05) is 12.9 Å². The Morgan fingerprint density at radius 3 is 2.33 bits per heavy atom. The standard InChI is InChI=1S/C7H13NO2.CH3Cl/c1-4-6(9)10-7(2,3)5-8;1-2/h4H,1,5,8H2,2-3H3;1H3. The van der Waals surface area contributed by atoms with Gasteiger partial charge in [0.2, 0.25) is 0 Å². The lowest BCUT2D eigenvalue weighted by atomic mass is 10.1. The second-order valence-corrected chi connectivity index (χ2v) is 2.59. The lowest BCUT2D eigenvalue weighted by molar-refractivity contribution is -0.149. The lowest BCUT2D eigenvalue weighted by Gasteiger charge is -2.21. The number of halogens is 1. The molecule has 0 aliphatic heterocycles. The minimum Gasteiger partial charge on any atom is -0.455 e. The van der Waals surface area contributed by atoms with Gasteiger partial charge in [0.25, 0.3) is 0 Å². The van der Waals surface area contributed by atoms with Gasteiger partial charge >= 0.3 is 5.97 Å². The third-order valence-electron chi connectivity index (χ3n) is 1.04. The van der Waals surface area contributed by atoms with E-state index in [0.29, 0.717) is 6.54 Å². The summed E-state index contributed by atoms with van der Waals surface area (Å²) in [4.78, 5) is 10.6. The zero-order chi connectivity index (χ0) is 10.2. The predicted molar refractivity (Wildman–Crippen MR) is 51.2 cm³/mol. The van der Waals surface area contributed by atoms with Crippen molar-refractivity contribution >= 4 is 17.6 Å². The number of hydrogen-bond acceptors (Lipinski definition) is 3. The molecule has 0 bridgehead atoms. The second kappa shape index (κ2) is 7.13. The summed E-state index contributed by atoms with van der Waals surface area (Å²) in [7, 11) is 0.